The standard InChI is InChI=1S/C47H53N5O7S/c1-6-56-42(53)28-52-31-17-18-32(52)26-33(25-31)57-23-24-58-39-15-10-12-34(29(39)2)35-19-20-41(49-43(35)45(55)59-47(3,4)5)51-22-21-30-11-9-13-36(37(30)27-51)44(54)50-46-48-38-14-7-8-16-40(38)60-46/h7-16,19-20,31-33H,6,17-18,21-28H2,1-5H3,(H,48,50,54)/t31-,32+,33?. The lowest BCUT2D eigenvalue weighted by molar-refractivity contribution is -0.146. The first-order valence-corrected chi connectivity index (χ1v) is 21.8. The summed E-state index contributed by atoms with van der Waals surface area (Å²) in [7, 11) is 0. The highest BCUT2D eigenvalue weighted by Crippen LogP contribution is 2.38. The number of piperidine rings is 1. The van der Waals surface area contributed by atoms with Gasteiger partial charge in [-0.2, -0.15) is 0 Å². The summed E-state index contributed by atoms with van der Waals surface area (Å²) in [5, 5.41) is 3.57. The van der Waals surface area contributed by atoms with Crippen molar-refractivity contribution in [3.63, 3.8) is 0 Å². The Bertz CT molecular complexity index is 2340. The Balaban J connectivity index is 0.967. The summed E-state index contributed by atoms with van der Waals surface area (Å²) >= 11 is 1.45. The van der Waals surface area contributed by atoms with Crippen LogP contribution in [0.1, 0.15) is 90.9 Å². The lowest BCUT2D eigenvalue weighted by Gasteiger charge is -2.38. The average molecular weight is 832 g/mol. The van der Waals surface area contributed by atoms with Crippen LogP contribution in [0.5, 0.6) is 5.75 Å². The minimum Gasteiger partial charge on any atom is -0.491 e. The van der Waals surface area contributed by atoms with E-state index in [4.69, 9.17) is 23.9 Å². The van der Waals surface area contributed by atoms with Gasteiger partial charge >= 0.3 is 11.9 Å². The molecule has 1 unspecified atom stereocenters. The number of benzene rings is 3. The van der Waals surface area contributed by atoms with Crippen LogP contribution in [0.4, 0.5) is 10.9 Å². The number of nitrogens with zero attached hydrogens (tertiary/aromatic N) is 4. The number of fused-ring (bicyclic) bond motifs is 4. The summed E-state index contributed by atoms with van der Waals surface area (Å²) < 4.78 is 24.8. The molecular formula is C47H53N5O7S. The van der Waals surface area contributed by atoms with Crippen LogP contribution in [-0.4, -0.2) is 89.4 Å². The average Bonchev–Trinajstić information content (AvgIpc) is 3.73. The fourth-order valence-electron chi connectivity index (χ4n) is 8.81. The number of amides is 1. The highest BCUT2D eigenvalue weighted by Gasteiger charge is 2.42. The minimum absolute atomic E-state index is 0.125. The molecule has 13 heteroatoms. The van der Waals surface area contributed by atoms with Gasteiger partial charge in [-0.25, -0.2) is 14.8 Å². The number of pyridine rings is 1. The molecule has 5 heterocycles. The number of esters is 2. The molecule has 3 aromatic carbocycles. The first-order valence-electron chi connectivity index (χ1n) is 21.0. The van der Waals surface area contributed by atoms with Crippen LogP contribution in [0.3, 0.4) is 0 Å². The van der Waals surface area contributed by atoms with Crippen molar-refractivity contribution in [2.24, 2.45) is 0 Å². The van der Waals surface area contributed by atoms with E-state index < -0.39 is 11.6 Å². The molecule has 2 aromatic heterocycles. The fourth-order valence-corrected chi connectivity index (χ4v) is 9.67. The van der Waals surface area contributed by atoms with E-state index >= 15 is 0 Å². The summed E-state index contributed by atoms with van der Waals surface area (Å²) in [6.07, 6.45) is 4.77. The van der Waals surface area contributed by atoms with Gasteiger partial charge in [0.1, 0.15) is 23.8 Å². The van der Waals surface area contributed by atoms with Crippen molar-refractivity contribution >= 4 is 50.3 Å². The van der Waals surface area contributed by atoms with Gasteiger partial charge in [-0.1, -0.05) is 47.7 Å². The van der Waals surface area contributed by atoms with Gasteiger partial charge in [-0.15, -0.1) is 0 Å². The fraction of sp³-hybridized carbons (Fsp3) is 0.426. The van der Waals surface area contributed by atoms with Crippen molar-refractivity contribution in [1.29, 1.82) is 0 Å². The van der Waals surface area contributed by atoms with Gasteiger partial charge in [0, 0.05) is 36.3 Å². The molecule has 1 N–H and O–H groups in total. The maximum absolute atomic E-state index is 13.9. The molecule has 2 fully saturated rings. The second kappa shape index (κ2) is 17.7. The number of carbonyl (C=O) groups excluding carboxylic acids is 3. The van der Waals surface area contributed by atoms with Crippen molar-refractivity contribution in [2.75, 3.05) is 43.1 Å². The molecule has 3 aliphatic rings. The SMILES string of the molecule is CCOC(=O)CN1[C@@H]2CC[C@H]1CC(OCCOc1cccc(-c3ccc(N4CCc5cccc(C(=O)Nc6nc7ccccc7s6)c5C4)nc3C(=O)OC(C)(C)C)c1C)C2. The van der Waals surface area contributed by atoms with Crippen LogP contribution in [0.2, 0.25) is 0 Å². The van der Waals surface area contributed by atoms with E-state index in [1.165, 1.54) is 11.3 Å². The normalized spacial score (nSPS) is 18.9. The molecule has 12 nitrogen and oxygen atoms in total. The third kappa shape index (κ3) is 9.18. The van der Waals surface area contributed by atoms with E-state index in [-0.39, 0.29) is 23.7 Å². The summed E-state index contributed by atoms with van der Waals surface area (Å²) in [6.45, 7) is 12.0. The van der Waals surface area contributed by atoms with E-state index in [0.29, 0.717) is 85.8 Å². The number of nitrogens with one attached hydrogen (secondary N) is 1. The number of carbonyl (C=O) groups is 3. The molecule has 3 aliphatic heterocycles. The zero-order chi connectivity index (χ0) is 42.0. The van der Waals surface area contributed by atoms with Crippen molar-refractivity contribution in [3.05, 3.63) is 101 Å². The molecule has 60 heavy (non-hydrogen) atoms. The van der Waals surface area contributed by atoms with Gasteiger partial charge in [0.25, 0.3) is 5.91 Å². The number of ether oxygens (including phenoxy) is 4. The van der Waals surface area contributed by atoms with Crippen LogP contribution >= 0.6 is 11.3 Å². The maximum atomic E-state index is 13.9. The smallest absolute Gasteiger partial charge is 0.358 e. The predicted octanol–water partition coefficient (Wildman–Crippen LogP) is 8.39. The number of hydrogen-bond acceptors (Lipinski definition) is 12. The summed E-state index contributed by atoms with van der Waals surface area (Å²) in [4.78, 5) is 53.8. The third-order valence-corrected chi connectivity index (χ3v) is 12.5. The molecule has 2 bridgehead atoms. The van der Waals surface area contributed by atoms with E-state index in [2.05, 4.69) is 26.2 Å². The molecule has 314 valence electrons. The van der Waals surface area contributed by atoms with Crippen LogP contribution in [0.25, 0.3) is 21.3 Å². The van der Waals surface area contributed by atoms with E-state index in [9.17, 15) is 14.4 Å². The number of para-hydroxylation sites is 1. The monoisotopic (exact) mass is 831 g/mol. The van der Waals surface area contributed by atoms with Crippen LogP contribution in [-0.2, 0) is 32.0 Å². The molecule has 0 aliphatic carbocycles. The largest absolute Gasteiger partial charge is 0.491 e. The number of rotatable bonds is 13. The first-order chi connectivity index (χ1) is 28.9. The molecule has 0 spiro atoms. The third-order valence-electron chi connectivity index (χ3n) is 11.6. The van der Waals surface area contributed by atoms with Crippen LogP contribution < -0.4 is 15.0 Å². The maximum Gasteiger partial charge on any atom is 0.358 e. The van der Waals surface area contributed by atoms with E-state index in [1.54, 1.807) is 0 Å². The molecule has 1 amide bonds. The number of anilines is 2. The molecule has 0 radical (unpaired) electrons. The highest BCUT2D eigenvalue weighted by molar-refractivity contribution is 7.22. The first kappa shape index (κ1) is 41.4. The van der Waals surface area contributed by atoms with Gasteiger partial charge in [-0.3, -0.25) is 19.8 Å². The van der Waals surface area contributed by atoms with Crippen LogP contribution in [0.15, 0.2) is 72.8 Å². The molecule has 8 rings (SSSR count). The van der Waals surface area contributed by atoms with Gasteiger partial charge in [0.2, 0.25) is 0 Å². The highest BCUT2D eigenvalue weighted by atomic mass is 32.1. The van der Waals surface area contributed by atoms with Gasteiger partial charge in [0.15, 0.2) is 10.8 Å². The number of hydrogen-bond donors (Lipinski definition) is 1. The summed E-state index contributed by atoms with van der Waals surface area (Å²) in [5.41, 5.74) is 5.26. The summed E-state index contributed by atoms with van der Waals surface area (Å²) in [5.74, 6) is 0.429. The predicted molar refractivity (Wildman–Crippen MR) is 233 cm³/mol. The number of aromatic nitrogens is 2. The quantitative estimate of drug-likeness (QED) is 0.0907. The topological polar surface area (TPSA) is 132 Å². The lowest BCUT2D eigenvalue weighted by Crippen LogP contribution is -2.48. The van der Waals surface area contributed by atoms with Crippen molar-refractivity contribution in [1.82, 2.24) is 14.9 Å². The van der Waals surface area contributed by atoms with Crippen molar-refractivity contribution < 1.29 is 33.3 Å². The zero-order valence-electron chi connectivity index (χ0n) is 35.0. The molecule has 5 aromatic rings. The molecular weight excluding hydrogens is 779 g/mol. The molecule has 3 atom stereocenters. The van der Waals surface area contributed by atoms with Gasteiger partial charge in [-0.05, 0) is 125 Å². The molecule has 0 saturated carbocycles. The Morgan fingerprint density at radius 1 is 0.900 bits per heavy atom. The Morgan fingerprint density at radius 2 is 1.68 bits per heavy atom. The van der Waals surface area contributed by atoms with E-state index in [1.807, 2.05) is 101 Å². The Kier molecular flexibility index (Phi) is 12.2. The minimum atomic E-state index is -0.737. The summed E-state index contributed by atoms with van der Waals surface area (Å²) in [6, 6.07) is 24.0. The second-order valence-electron chi connectivity index (χ2n) is 16.7. The Hall–Kier alpha value is -5.37. The van der Waals surface area contributed by atoms with Crippen LogP contribution in [0, 0.1) is 6.92 Å². The molecule has 2 saturated heterocycles. The van der Waals surface area contributed by atoms with Crippen molar-refractivity contribution in [2.45, 2.75) is 97.1 Å². The Labute approximate surface area is 355 Å². The Morgan fingerprint density at radius 3 is 2.45 bits per heavy atom. The lowest BCUT2D eigenvalue weighted by atomic mass is 9.94. The van der Waals surface area contributed by atoms with Crippen molar-refractivity contribution in [3.8, 4) is 16.9 Å². The number of thiazole rings is 1. The second-order valence-corrected chi connectivity index (χ2v) is 17.8. The van der Waals surface area contributed by atoms with Gasteiger partial charge < -0.3 is 23.8 Å². The van der Waals surface area contributed by atoms with E-state index in [0.717, 1.165) is 58.2 Å². The zero-order valence-corrected chi connectivity index (χ0v) is 35.8. The van der Waals surface area contributed by atoms with Gasteiger partial charge in [0.05, 0.1) is 36.1 Å².